The average molecular weight is 198 g/mol. The van der Waals surface area contributed by atoms with Gasteiger partial charge in [0.2, 0.25) is 0 Å². The van der Waals surface area contributed by atoms with Crippen molar-refractivity contribution in [2.75, 3.05) is 0 Å². The van der Waals surface area contributed by atoms with Crippen LogP contribution in [0.4, 0.5) is 0 Å². The summed E-state index contributed by atoms with van der Waals surface area (Å²) in [7, 11) is 0. The van der Waals surface area contributed by atoms with E-state index in [1.807, 2.05) is 0 Å². The molecule has 0 amide bonds. The SMILES string of the molecule is CCCc1ccc2c(c1)CCC#CCC2. The Morgan fingerprint density at radius 2 is 1.80 bits per heavy atom. The van der Waals surface area contributed by atoms with Crippen molar-refractivity contribution in [3.8, 4) is 11.8 Å². The molecule has 0 atom stereocenters. The van der Waals surface area contributed by atoms with Crippen LogP contribution >= 0.6 is 0 Å². The highest BCUT2D eigenvalue weighted by atomic mass is 14.1. The van der Waals surface area contributed by atoms with Crippen LogP contribution in [0.2, 0.25) is 0 Å². The maximum Gasteiger partial charge on any atom is 0.0129 e. The molecule has 0 aliphatic heterocycles. The molecular formula is C15H18. The van der Waals surface area contributed by atoms with Crippen LogP contribution in [0.15, 0.2) is 18.2 Å². The first-order valence-corrected chi connectivity index (χ1v) is 5.96. The van der Waals surface area contributed by atoms with Gasteiger partial charge in [-0.15, -0.1) is 11.8 Å². The van der Waals surface area contributed by atoms with E-state index in [0.717, 1.165) is 25.7 Å². The van der Waals surface area contributed by atoms with Crippen molar-refractivity contribution in [3.63, 3.8) is 0 Å². The summed E-state index contributed by atoms with van der Waals surface area (Å²) in [5.74, 6) is 6.45. The fraction of sp³-hybridized carbons (Fsp3) is 0.467. The molecular weight excluding hydrogens is 180 g/mol. The Hall–Kier alpha value is -1.22. The molecule has 0 heteroatoms. The standard InChI is InChI=1S/C15H18/c1-2-7-13-10-11-14-8-5-3-4-6-9-15(14)12-13/h10-12H,2,5-9H2,1H3. The lowest BCUT2D eigenvalue weighted by molar-refractivity contribution is 0.892. The van der Waals surface area contributed by atoms with E-state index >= 15 is 0 Å². The number of aryl methyl sites for hydroxylation is 3. The first-order chi connectivity index (χ1) is 7.40. The predicted molar refractivity (Wildman–Crippen MR) is 64.9 cm³/mol. The molecule has 0 aromatic heterocycles. The fourth-order valence-corrected chi connectivity index (χ4v) is 2.17. The van der Waals surface area contributed by atoms with E-state index in [1.54, 1.807) is 0 Å². The van der Waals surface area contributed by atoms with Gasteiger partial charge in [0.1, 0.15) is 0 Å². The monoisotopic (exact) mass is 198 g/mol. The van der Waals surface area contributed by atoms with Crippen LogP contribution in [0.3, 0.4) is 0 Å². The van der Waals surface area contributed by atoms with Crippen molar-refractivity contribution >= 4 is 0 Å². The summed E-state index contributed by atoms with van der Waals surface area (Å²) in [4.78, 5) is 0. The quantitative estimate of drug-likeness (QED) is 0.638. The van der Waals surface area contributed by atoms with Crippen LogP contribution in [0.25, 0.3) is 0 Å². The molecule has 15 heavy (non-hydrogen) atoms. The van der Waals surface area contributed by atoms with Crippen LogP contribution in [-0.2, 0) is 19.3 Å². The highest BCUT2D eigenvalue weighted by Crippen LogP contribution is 2.18. The van der Waals surface area contributed by atoms with E-state index in [1.165, 1.54) is 29.5 Å². The Labute approximate surface area is 92.7 Å². The Morgan fingerprint density at radius 1 is 1.07 bits per heavy atom. The van der Waals surface area contributed by atoms with Gasteiger partial charge in [0.05, 0.1) is 0 Å². The fourth-order valence-electron chi connectivity index (χ4n) is 2.17. The van der Waals surface area contributed by atoms with Crippen molar-refractivity contribution in [3.05, 3.63) is 34.9 Å². The Kier molecular flexibility index (Phi) is 3.45. The zero-order valence-corrected chi connectivity index (χ0v) is 9.47. The summed E-state index contributed by atoms with van der Waals surface area (Å²) in [5.41, 5.74) is 4.54. The van der Waals surface area contributed by atoms with Gasteiger partial charge in [-0.1, -0.05) is 31.5 Å². The second-order valence-corrected chi connectivity index (χ2v) is 4.21. The zero-order valence-electron chi connectivity index (χ0n) is 9.47. The Balaban J connectivity index is 2.24. The van der Waals surface area contributed by atoms with Crippen molar-refractivity contribution in [1.82, 2.24) is 0 Å². The summed E-state index contributed by atoms with van der Waals surface area (Å²) in [6.45, 7) is 2.24. The molecule has 2 rings (SSSR count). The third kappa shape index (κ3) is 2.63. The second-order valence-electron chi connectivity index (χ2n) is 4.21. The van der Waals surface area contributed by atoms with Crippen molar-refractivity contribution in [2.45, 2.75) is 45.4 Å². The van der Waals surface area contributed by atoms with Gasteiger partial charge in [0.15, 0.2) is 0 Å². The Bertz CT molecular complexity index is 390. The van der Waals surface area contributed by atoms with Crippen molar-refractivity contribution in [1.29, 1.82) is 0 Å². The summed E-state index contributed by atoms with van der Waals surface area (Å²) in [5, 5.41) is 0. The lowest BCUT2D eigenvalue weighted by atomic mass is 9.94. The number of hydrogen-bond acceptors (Lipinski definition) is 0. The molecule has 1 aromatic rings. The molecule has 0 nitrogen and oxygen atoms in total. The maximum atomic E-state index is 3.23. The molecule has 0 saturated carbocycles. The number of benzene rings is 1. The molecule has 1 aliphatic rings. The normalized spacial score (nSPS) is 14.5. The highest BCUT2D eigenvalue weighted by molar-refractivity contribution is 5.34. The average Bonchev–Trinajstić information content (AvgIpc) is 2.20. The molecule has 1 aromatic carbocycles. The second kappa shape index (κ2) is 5.03. The van der Waals surface area contributed by atoms with Gasteiger partial charge >= 0.3 is 0 Å². The predicted octanol–water partition coefficient (Wildman–Crippen LogP) is 3.52. The topological polar surface area (TPSA) is 0 Å². The van der Waals surface area contributed by atoms with Gasteiger partial charge in [-0.25, -0.2) is 0 Å². The molecule has 0 spiro atoms. The van der Waals surface area contributed by atoms with Crippen LogP contribution in [0.1, 0.15) is 42.9 Å². The molecule has 1 aliphatic carbocycles. The Morgan fingerprint density at radius 3 is 2.53 bits per heavy atom. The number of rotatable bonds is 2. The summed E-state index contributed by atoms with van der Waals surface area (Å²) in [6, 6.07) is 7.00. The molecule has 0 radical (unpaired) electrons. The van der Waals surface area contributed by atoms with Crippen molar-refractivity contribution < 1.29 is 0 Å². The van der Waals surface area contributed by atoms with E-state index in [2.05, 4.69) is 37.0 Å². The molecule has 0 heterocycles. The summed E-state index contributed by atoms with van der Waals surface area (Å²) in [6.07, 6.45) is 6.77. The van der Waals surface area contributed by atoms with Gasteiger partial charge in [-0.2, -0.15) is 0 Å². The molecule has 78 valence electrons. The minimum atomic E-state index is 1.03. The third-order valence-electron chi connectivity index (χ3n) is 2.97. The van der Waals surface area contributed by atoms with E-state index in [4.69, 9.17) is 0 Å². The minimum absolute atomic E-state index is 1.03. The van der Waals surface area contributed by atoms with Crippen LogP contribution in [-0.4, -0.2) is 0 Å². The molecule has 0 fully saturated rings. The van der Waals surface area contributed by atoms with Gasteiger partial charge in [0.25, 0.3) is 0 Å². The van der Waals surface area contributed by atoms with Crippen molar-refractivity contribution in [2.24, 2.45) is 0 Å². The first kappa shape index (κ1) is 10.3. The molecule has 0 saturated heterocycles. The molecule has 0 N–H and O–H groups in total. The minimum Gasteiger partial charge on any atom is -0.103 e. The highest BCUT2D eigenvalue weighted by Gasteiger charge is 2.04. The number of hydrogen-bond donors (Lipinski definition) is 0. The van der Waals surface area contributed by atoms with E-state index in [0.29, 0.717) is 0 Å². The molecule has 0 unspecified atom stereocenters. The summed E-state index contributed by atoms with van der Waals surface area (Å²) >= 11 is 0. The van der Waals surface area contributed by atoms with E-state index < -0.39 is 0 Å². The van der Waals surface area contributed by atoms with Gasteiger partial charge in [-0.05, 0) is 36.0 Å². The van der Waals surface area contributed by atoms with E-state index in [9.17, 15) is 0 Å². The van der Waals surface area contributed by atoms with Crippen LogP contribution < -0.4 is 0 Å². The maximum absolute atomic E-state index is 3.23. The zero-order chi connectivity index (χ0) is 10.5. The van der Waals surface area contributed by atoms with Gasteiger partial charge in [-0.3, -0.25) is 0 Å². The van der Waals surface area contributed by atoms with Gasteiger partial charge < -0.3 is 0 Å². The lowest BCUT2D eigenvalue weighted by Gasteiger charge is -2.11. The lowest BCUT2D eigenvalue weighted by Crippen LogP contribution is -1.98. The summed E-state index contributed by atoms with van der Waals surface area (Å²) < 4.78 is 0. The van der Waals surface area contributed by atoms with Crippen LogP contribution in [0.5, 0.6) is 0 Å². The first-order valence-electron chi connectivity index (χ1n) is 5.96. The van der Waals surface area contributed by atoms with Crippen LogP contribution in [0, 0.1) is 11.8 Å². The third-order valence-corrected chi connectivity index (χ3v) is 2.97. The van der Waals surface area contributed by atoms with E-state index in [-0.39, 0.29) is 0 Å². The smallest absolute Gasteiger partial charge is 0.0129 e. The molecule has 0 bridgehead atoms. The largest absolute Gasteiger partial charge is 0.103 e. The number of fused-ring (bicyclic) bond motifs is 1. The van der Waals surface area contributed by atoms with Gasteiger partial charge in [0, 0.05) is 12.8 Å².